The highest BCUT2D eigenvalue weighted by atomic mass is 16.5. The van der Waals surface area contributed by atoms with Crippen molar-refractivity contribution < 1.29 is 23.5 Å². The molecular formula is C26H32N4O5. The Morgan fingerprint density at radius 2 is 1.71 bits per heavy atom. The lowest BCUT2D eigenvalue weighted by Gasteiger charge is -2.32. The summed E-state index contributed by atoms with van der Waals surface area (Å²) in [5.74, 6) is 3.07. The molecule has 35 heavy (non-hydrogen) atoms. The molecule has 186 valence electrons. The molecule has 0 unspecified atom stereocenters. The van der Waals surface area contributed by atoms with Gasteiger partial charge < -0.3 is 23.6 Å². The Morgan fingerprint density at radius 1 is 1.03 bits per heavy atom. The zero-order valence-electron chi connectivity index (χ0n) is 20.9. The number of aryl methyl sites for hydroxylation is 1. The van der Waals surface area contributed by atoms with Crippen molar-refractivity contribution in [3.8, 4) is 28.6 Å². The van der Waals surface area contributed by atoms with E-state index in [2.05, 4.69) is 15.0 Å². The summed E-state index contributed by atoms with van der Waals surface area (Å²) in [7, 11) is 6.63. The van der Waals surface area contributed by atoms with Crippen LogP contribution >= 0.6 is 0 Å². The second-order valence-corrected chi connectivity index (χ2v) is 8.70. The first-order valence-corrected chi connectivity index (χ1v) is 11.6. The van der Waals surface area contributed by atoms with Gasteiger partial charge in [0.1, 0.15) is 5.75 Å². The number of hydrogen-bond acceptors (Lipinski definition) is 8. The quantitative estimate of drug-likeness (QED) is 0.479. The van der Waals surface area contributed by atoms with Crippen LogP contribution in [0.2, 0.25) is 0 Å². The molecule has 0 radical (unpaired) electrons. The van der Waals surface area contributed by atoms with Gasteiger partial charge in [0.05, 0.1) is 33.6 Å². The first kappa shape index (κ1) is 24.5. The predicted octanol–water partition coefficient (Wildman–Crippen LogP) is 3.95. The number of amides is 1. The Morgan fingerprint density at radius 3 is 2.40 bits per heavy atom. The molecule has 1 aromatic heterocycles. The van der Waals surface area contributed by atoms with Crippen LogP contribution in [0.1, 0.15) is 24.3 Å². The van der Waals surface area contributed by atoms with E-state index >= 15 is 0 Å². The highest BCUT2D eigenvalue weighted by Gasteiger charge is 2.29. The lowest BCUT2D eigenvalue weighted by atomic mass is 9.95. The van der Waals surface area contributed by atoms with Crippen LogP contribution in [0.15, 0.2) is 40.9 Å². The summed E-state index contributed by atoms with van der Waals surface area (Å²) in [6.07, 6.45) is 1.54. The second-order valence-electron chi connectivity index (χ2n) is 8.70. The largest absolute Gasteiger partial charge is 0.495 e. The third kappa shape index (κ3) is 5.40. The van der Waals surface area contributed by atoms with Crippen molar-refractivity contribution in [3.05, 3.63) is 47.9 Å². The maximum Gasteiger partial charge on any atom is 0.241 e. The molecule has 3 aromatic rings. The van der Waals surface area contributed by atoms with Crippen LogP contribution in [0, 0.1) is 12.8 Å². The highest BCUT2D eigenvalue weighted by Crippen LogP contribution is 2.32. The lowest BCUT2D eigenvalue weighted by molar-refractivity contribution is -0.123. The highest BCUT2D eigenvalue weighted by molar-refractivity contribution is 5.96. The molecule has 1 fully saturated rings. The Balaban J connectivity index is 1.35. The minimum absolute atomic E-state index is 0.0357. The number of benzene rings is 2. The summed E-state index contributed by atoms with van der Waals surface area (Å²) in [4.78, 5) is 21.7. The number of aromatic nitrogens is 2. The molecule has 9 heteroatoms. The van der Waals surface area contributed by atoms with E-state index in [1.165, 1.54) is 0 Å². The Labute approximate surface area is 205 Å². The third-order valence-electron chi connectivity index (χ3n) is 6.43. The zero-order chi connectivity index (χ0) is 24.9. The molecule has 2 aromatic carbocycles. The Hall–Kier alpha value is -3.59. The molecule has 1 saturated heterocycles. The minimum Gasteiger partial charge on any atom is -0.495 e. The minimum atomic E-state index is -0.0357. The lowest BCUT2D eigenvalue weighted by Crippen LogP contribution is -2.41. The monoisotopic (exact) mass is 480 g/mol. The van der Waals surface area contributed by atoms with Crippen LogP contribution in [-0.4, -0.2) is 62.4 Å². The van der Waals surface area contributed by atoms with Gasteiger partial charge in [-0.2, -0.15) is 4.98 Å². The summed E-state index contributed by atoms with van der Waals surface area (Å²) >= 11 is 0. The number of anilines is 1. The molecule has 4 rings (SSSR count). The SMILES string of the molecule is COc1ccc(-c2noc(CN3CCC(C(=O)N(C)c4cc(C)ccc4OC)CC3)n2)cc1OC. The van der Waals surface area contributed by atoms with Gasteiger partial charge in [0, 0.05) is 18.5 Å². The molecule has 0 N–H and O–H groups in total. The van der Waals surface area contributed by atoms with E-state index in [9.17, 15) is 4.79 Å². The second kappa shape index (κ2) is 10.8. The van der Waals surface area contributed by atoms with Gasteiger partial charge in [-0.15, -0.1) is 0 Å². The molecule has 1 amide bonds. The van der Waals surface area contributed by atoms with Gasteiger partial charge in [-0.25, -0.2) is 0 Å². The number of methoxy groups -OCH3 is 3. The number of carbonyl (C=O) groups excluding carboxylic acids is 1. The van der Waals surface area contributed by atoms with Crippen LogP contribution in [0.25, 0.3) is 11.4 Å². The van der Waals surface area contributed by atoms with Crippen LogP contribution in [-0.2, 0) is 11.3 Å². The van der Waals surface area contributed by atoms with E-state index in [1.807, 2.05) is 50.4 Å². The standard InChI is InChI=1S/C26H32N4O5/c1-17-6-8-21(32-3)20(14-17)29(2)26(31)18-10-12-30(13-11-18)16-24-27-25(28-35-24)19-7-9-22(33-4)23(15-19)34-5/h6-9,14-15,18H,10-13,16H2,1-5H3. The average Bonchev–Trinajstić information content (AvgIpc) is 3.36. The summed E-state index contributed by atoms with van der Waals surface area (Å²) in [6.45, 7) is 4.11. The smallest absolute Gasteiger partial charge is 0.241 e. The van der Waals surface area contributed by atoms with Crippen molar-refractivity contribution in [3.63, 3.8) is 0 Å². The molecule has 0 atom stereocenters. The third-order valence-corrected chi connectivity index (χ3v) is 6.43. The Bertz CT molecular complexity index is 1170. The van der Waals surface area contributed by atoms with Gasteiger partial charge in [0.25, 0.3) is 0 Å². The number of piperidine rings is 1. The molecule has 0 saturated carbocycles. The zero-order valence-corrected chi connectivity index (χ0v) is 20.9. The number of carbonyl (C=O) groups is 1. The van der Waals surface area contributed by atoms with Crippen LogP contribution in [0.5, 0.6) is 17.2 Å². The fourth-order valence-corrected chi connectivity index (χ4v) is 4.40. The van der Waals surface area contributed by atoms with Gasteiger partial charge >= 0.3 is 0 Å². The molecule has 2 heterocycles. The predicted molar refractivity (Wildman–Crippen MR) is 132 cm³/mol. The van der Waals surface area contributed by atoms with E-state index in [0.717, 1.165) is 42.7 Å². The number of likely N-dealkylation sites (tertiary alicyclic amines) is 1. The maximum absolute atomic E-state index is 13.2. The van der Waals surface area contributed by atoms with Crippen molar-refractivity contribution in [1.82, 2.24) is 15.0 Å². The van der Waals surface area contributed by atoms with Crippen molar-refractivity contribution >= 4 is 11.6 Å². The number of rotatable bonds is 8. The van der Waals surface area contributed by atoms with E-state index in [-0.39, 0.29) is 11.8 Å². The molecule has 1 aliphatic heterocycles. The van der Waals surface area contributed by atoms with Crippen molar-refractivity contribution in [1.29, 1.82) is 0 Å². The van der Waals surface area contributed by atoms with E-state index in [1.54, 1.807) is 26.2 Å². The van der Waals surface area contributed by atoms with Gasteiger partial charge in [0.15, 0.2) is 11.5 Å². The van der Waals surface area contributed by atoms with Gasteiger partial charge in [-0.05, 0) is 68.8 Å². The van der Waals surface area contributed by atoms with E-state index < -0.39 is 0 Å². The number of nitrogens with zero attached hydrogens (tertiary/aromatic N) is 4. The fraction of sp³-hybridized carbons (Fsp3) is 0.423. The van der Waals surface area contributed by atoms with Gasteiger partial charge in [0.2, 0.25) is 17.6 Å². The van der Waals surface area contributed by atoms with E-state index in [4.69, 9.17) is 18.7 Å². The molecular weight excluding hydrogens is 448 g/mol. The molecule has 9 nitrogen and oxygen atoms in total. The first-order valence-electron chi connectivity index (χ1n) is 11.6. The Kier molecular flexibility index (Phi) is 7.55. The summed E-state index contributed by atoms with van der Waals surface area (Å²) in [6, 6.07) is 11.4. The molecule has 0 spiro atoms. The van der Waals surface area contributed by atoms with Crippen molar-refractivity contribution in [2.75, 3.05) is 46.4 Å². The average molecular weight is 481 g/mol. The molecule has 0 bridgehead atoms. The van der Waals surface area contributed by atoms with Crippen molar-refractivity contribution in [2.24, 2.45) is 5.92 Å². The molecule has 1 aliphatic rings. The summed E-state index contributed by atoms with van der Waals surface area (Å²) in [5.41, 5.74) is 2.67. The first-order chi connectivity index (χ1) is 16.9. The van der Waals surface area contributed by atoms with Crippen LogP contribution < -0.4 is 19.1 Å². The van der Waals surface area contributed by atoms with Gasteiger partial charge in [-0.1, -0.05) is 11.2 Å². The summed E-state index contributed by atoms with van der Waals surface area (Å²) < 4.78 is 21.6. The summed E-state index contributed by atoms with van der Waals surface area (Å²) in [5, 5.41) is 4.12. The normalized spacial score (nSPS) is 14.5. The van der Waals surface area contributed by atoms with Crippen LogP contribution in [0.3, 0.4) is 0 Å². The van der Waals surface area contributed by atoms with Crippen LogP contribution in [0.4, 0.5) is 5.69 Å². The van der Waals surface area contributed by atoms with E-state index in [0.29, 0.717) is 35.5 Å². The fourth-order valence-electron chi connectivity index (χ4n) is 4.40. The number of hydrogen-bond donors (Lipinski definition) is 0. The topological polar surface area (TPSA) is 90.2 Å². The maximum atomic E-state index is 13.2. The van der Waals surface area contributed by atoms with Gasteiger partial charge in [-0.3, -0.25) is 9.69 Å². The molecule has 0 aliphatic carbocycles. The number of ether oxygens (including phenoxy) is 3. The van der Waals surface area contributed by atoms with Crippen molar-refractivity contribution in [2.45, 2.75) is 26.3 Å².